The molecule has 2 amide bonds. The first-order valence-corrected chi connectivity index (χ1v) is 5.30. The van der Waals surface area contributed by atoms with Crippen LogP contribution < -0.4 is 10.6 Å². The molecule has 2 aromatic carbocycles. The predicted molar refractivity (Wildman–Crippen MR) is 64.5 cm³/mol. The average Bonchev–Trinajstić information content (AvgIpc) is 2.37. The number of halogens is 3. The molecule has 0 aromatic heterocycles. The van der Waals surface area contributed by atoms with Crippen LogP contribution in [0.3, 0.4) is 0 Å². The van der Waals surface area contributed by atoms with Gasteiger partial charge in [-0.15, -0.1) is 0 Å². The second-order valence-electron chi connectivity index (χ2n) is 3.70. The highest BCUT2D eigenvalue weighted by molar-refractivity contribution is 5.98. The first kappa shape index (κ1) is 12.9. The molecule has 19 heavy (non-hydrogen) atoms. The summed E-state index contributed by atoms with van der Waals surface area (Å²) in [4.78, 5) is 12.0. The molecule has 0 fully saturated rings. The number of nitrogens with two attached hydrogens (primary N) is 1. The number of carbonyl (C=O) groups excluding carboxylic acids is 1. The van der Waals surface area contributed by atoms with Crippen molar-refractivity contribution >= 4 is 17.4 Å². The number of hydrogen-bond donors (Lipinski definition) is 1. The van der Waals surface area contributed by atoms with Gasteiger partial charge >= 0.3 is 6.03 Å². The molecule has 0 heterocycles. The Morgan fingerprint density at radius 3 is 2.11 bits per heavy atom. The zero-order chi connectivity index (χ0) is 14.0. The third kappa shape index (κ3) is 2.37. The van der Waals surface area contributed by atoms with E-state index in [1.807, 2.05) is 0 Å². The van der Waals surface area contributed by atoms with E-state index in [0.717, 1.165) is 18.2 Å². The van der Waals surface area contributed by atoms with E-state index in [1.165, 1.54) is 24.3 Å². The number of benzene rings is 2. The molecule has 0 aliphatic heterocycles. The van der Waals surface area contributed by atoms with Crippen LogP contribution in [-0.2, 0) is 0 Å². The summed E-state index contributed by atoms with van der Waals surface area (Å²) in [6.45, 7) is 0. The van der Waals surface area contributed by atoms with Crippen molar-refractivity contribution in [2.24, 2.45) is 5.73 Å². The fourth-order valence-corrected chi connectivity index (χ4v) is 1.67. The Labute approximate surface area is 107 Å². The molecule has 0 spiro atoms. The maximum absolute atomic E-state index is 13.7. The van der Waals surface area contributed by atoms with E-state index in [0.29, 0.717) is 4.90 Å². The van der Waals surface area contributed by atoms with Gasteiger partial charge in [0.15, 0.2) is 11.6 Å². The van der Waals surface area contributed by atoms with Crippen molar-refractivity contribution in [1.29, 1.82) is 0 Å². The molecule has 0 saturated carbocycles. The maximum Gasteiger partial charge on any atom is 0.324 e. The molecule has 6 heteroatoms. The Balaban J connectivity index is 2.62. The minimum atomic E-state index is -1.27. The molecule has 0 aliphatic carbocycles. The van der Waals surface area contributed by atoms with E-state index in [9.17, 15) is 18.0 Å². The van der Waals surface area contributed by atoms with Gasteiger partial charge in [-0.2, -0.15) is 0 Å². The van der Waals surface area contributed by atoms with Gasteiger partial charge in [0.05, 0.1) is 11.4 Å². The summed E-state index contributed by atoms with van der Waals surface area (Å²) in [5, 5.41) is 0. The molecule has 0 bridgehead atoms. The van der Waals surface area contributed by atoms with Gasteiger partial charge in [0, 0.05) is 0 Å². The van der Waals surface area contributed by atoms with Gasteiger partial charge in [-0.25, -0.2) is 18.0 Å². The highest BCUT2D eigenvalue weighted by Crippen LogP contribution is 2.30. The number of nitrogens with zero attached hydrogens (tertiary/aromatic N) is 1. The Kier molecular flexibility index (Phi) is 3.41. The van der Waals surface area contributed by atoms with Gasteiger partial charge in [0.1, 0.15) is 5.82 Å². The van der Waals surface area contributed by atoms with E-state index < -0.39 is 29.2 Å². The van der Waals surface area contributed by atoms with Crippen LogP contribution in [0.15, 0.2) is 42.5 Å². The predicted octanol–water partition coefficient (Wildman–Crippen LogP) is 3.32. The minimum absolute atomic E-state index is 0.250. The van der Waals surface area contributed by atoms with Crippen molar-refractivity contribution in [3.8, 4) is 0 Å². The molecule has 98 valence electrons. The van der Waals surface area contributed by atoms with Crippen LogP contribution in [0.2, 0.25) is 0 Å². The normalized spacial score (nSPS) is 10.3. The summed E-state index contributed by atoms with van der Waals surface area (Å²) in [6, 6.07) is 7.28. The third-order valence-corrected chi connectivity index (χ3v) is 2.49. The molecule has 0 radical (unpaired) electrons. The van der Waals surface area contributed by atoms with Gasteiger partial charge < -0.3 is 5.73 Å². The smallest absolute Gasteiger partial charge is 0.324 e. The lowest BCUT2D eigenvalue weighted by Gasteiger charge is -2.21. The van der Waals surface area contributed by atoms with Crippen molar-refractivity contribution in [3.63, 3.8) is 0 Å². The zero-order valence-corrected chi connectivity index (χ0v) is 9.61. The molecule has 3 nitrogen and oxygen atoms in total. The SMILES string of the molecule is NC(=O)N(c1ccccc1F)c1cccc(F)c1F. The van der Waals surface area contributed by atoms with Gasteiger partial charge in [-0.05, 0) is 24.3 Å². The fourth-order valence-electron chi connectivity index (χ4n) is 1.67. The fraction of sp³-hybridized carbons (Fsp3) is 0. The number of amides is 2. The van der Waals surface area contributed by atoms with E-state index in [4.69, 9.17) is 5.73 Å². The highest BCUT2D eigenvalue weighted by atomic mass is 19.2. The van der Waals surface area contributed by atoms with E-state index in [-0.39, 0.29) is 5.69 Å². The number of carbonyl (C=O) groups is 1. The lowest BCUT2D eigenvalue weighted by atomic mass is 10.2. The summed E-state index contributed by atoms with van der Waals surface area (Å²) >= 11 is 0. The summed E-state index contributed by atoms with van der Waals surface area (Å²) in [7, 11) is 0. The molecule has 2 aromatic rings. The van der Waals surface area contributed by atoms with Crippen LogP contribution in [-0.4, -0.2) is 6.03 Å². The first-order chi connectivity index (χ1) is 9.02. The summed E-state index contributed by atoms with van der Waals surface area (Å²) in [5.74, 6) is -3.20. The van der Waals surface area contributed by atoms with Crippen molar-refractivity contribution in [3.05, 3.63) is 59.9 Å². The van der Waals surface area contributed by atoms with Crippen molar-refractivity contribution in [2.45, 2.75) is 0 Å². The average molecular weight is 266 g/mol. The number of rotatable bonds is 2. The summed E-state index contributed by atoms with van der Waals surface area (Å²) < 4.78 is 40.5. The zero-order valence-electron chi connectivity index (χ0n) is 9.61. The van der Waals surface area contributed by atoms with E-state index in [1.54, 1.807) is 0 Å². The molecular weight excluding hydrogens is 257 g/mol. The molecular formula is C13H9F3N2O. The van der Waals surface area contributed by atoms with Gasteiger partial charge in [0.25, 0.3) is 0 Å². The molecule has 0 saturated heterocycles. The Hall–Kier alpha value is -2.50. The Morgan fingerprint density at radius 1 is 0.895 bits per heavy atom. The second kappa shape index (κ2) is 5.01. The summed E-state index contributed by atoms with van der Waals surface area (Å²) in [6.07, 6.45) is 0. The van der Waals surface area contributed by atoms with Gasteiger partial charge in [0.2, 0.25) is 0 Å². The number of para-hydroxylation sites is 1. The first-order valence-electron chi connectivity index (χ1n) is 5.30. The van der Waals surface area contributed by atoms with Crippen LogP contribution in [0.5, 0.6) is 0 Å². The molecule has 0 unspecified atom stereocenters. The quantitative estimate of drug-likeness (QED) is 0.890. The third-order valence-electron chi connectivity index (χ3n) is 2.49. The van der Waals surface area contributed by atoms with Crippen LogP contribution >= 0.6 is 0 Å². The van der Waals surface area contributed by atoms with Crippen LogP contribution in [0.25, 0.3) is 0 Å². The van der Waals surface area contributed by atoms with Crippen molar-refractivity contribution < 1.29 is 18.0 Å². The second-order valence-corrected chi connectivity index (χ2v) is 3.70. The molecule has 0 atom stereocenters. The standard InChI is InChI=1S/C13H9F3N2O/c14-8-4-1-2-6-10(8)18(13(17)19)11-7-3-5-9(15)12(11)16/h1-7H,(H2,17,19). The maximum atomic E-state index is 13.7. The number of hydrogen-bond acceptors (Lipinski definition) is 1. The highest BCUT2D eigenvalue weighted by Gasteiger charge is 2.23. The Morgan fingerprint density at radius 2 is 1.47 bits per heavy atom. The number of anilines is 2. The Bertz CT molecular complexity index is 631. The molecule has 0 aliphatic rings. The van der Waals surface area contributed by atoms with Gasteiger partial charge in [-0.1, -0.05) is 18.2 Å². The number of urea groups is 1. The minimum Gasteiger partial charge on any atom is -0.351 e. The van der Waals surface area contributed by atoms with Crippen LogP contribution in [0, 0.1) is 17.5 Å². The monoisotopic (exact) mass is 266 g/mol. The lowest BCUT2D eigenvalue weighted by molar-refractivity contribution is 0.255. The van der Waals surface area contributed by atoms with Crippen LogP contribution in [0.4, 0.5) is 29.3 Å². The van der Waals surface area contributed by atoms with E-state index >= 15 is 0 Å². The lowest BCUT2D eigenvalue weighted by Crippen LogP contribution is -2.32. The molecule has 2 N–H and O–H groups in total. The van der Waals surface area contributed by atoms with Crippen LogP contribution in [0.1, 0.15) is 0 Å². The van der Waals surface area contributed by atoms with E-state index in [2.05, 4.69) is 0 Å². The van der Waals surface area contributed by atoms with Gasteiger partial charge in [-0.3, -0.25) is 4.90 Å². The molecule has 2 rings (SSSR count). The van der Waals surface area contributed by atoms with Crippen molar-refractivity contribution in [1.82, 2.24) is 0 Å². The van der Waals surface area contributed by atoms with Crippen molar-refractivity contribution in [2.75, 3.05) is 4.90 Å². The topological polar surface area (TPSA) is 46.3 Å². The largest absolute Gasteiger partial charge is 0.351 e. The summed E-state index contributed by atoms with van der Waals surface area (Å²) in [5.41, 5.74) is 4.42. The number of primary amides is 1.